The van der Waals surface area contributed by atoms with Gasteiger partial charge in [-0.3, -0.25) is 14.5 Å². The summed E-state index contributed by atoms with van der Waals surface area (Å²) in [5.74, 6) is -0.627. The van der Waals surface area contributed by atoms with Crippen LogP contribution in [0.25, 0.3) is 5.76 Å². The van der Waals surface area contributed by atoms with Gasteiger partial charge in [-0.15, -0.1) is 10.2 Å². The topological polar surface area (TPSA) is 92.6 Å². The first-order valence-corrected chi connectivity index (χ1v) is 16.8. The number of Topliss-reactive ketones (excluding diaryl/α,β-unsaturated/α-hetero) is 1. The summed E-state index contributed by atoms with van der Waals surface area (Å²) in [6.07, 6.45) is 0. The number of carbonyl (C=O) groups is 2. The Balaban J connectivity index is 1.29. The second kappa shape index (κ2) is 13.6. The molecule has 6 rings (SSSR count). The molecule has 1 saturated heterocycles. The maximum atomic E-state index is 13.6. The summed E-state index contributed by atoms with van der Waals surface area (Å²) in [6.45, 7) is 2.42. The van der Waals surface area contributed by atoms with E-state index in [9.17, 15) is 14.7 Å². The quantitative estimate of drug-likeness (QED) is 0.0536. The molecule has 0 aliphatic carbocycles. The fourth-order valence-electron chi connectivity index (χ4n) is 4.87. The minimum Gasteiger partial charge on any atom is -0.507 e. The lowest BCUT2D eigenvalue weighted by atomic mass is 9.95. The number of anilines is 1. The van der Waals surface area contributed by atoms with E-state index in [4.69, 9.17) is 16.3 Å². The Hall–Kier alpha value is -3.96. The molecule has 5 aromatic rings. The molecule has 2 heterocycles. The third-order valence-electron chi connectivity index (χ3n) is 7.29. The first kappa shape index (κ1) is 31.0. The molecule has 4 aromatic carbocycles. The number of aliphatic hydroxyl groups is 1. The van der Waals surface area contributed by atoms with Gasteiger partial charge in [0, 0.05) is 20.8 Å². The van der Waals surface area contributed by atoms with Gasteiger partial charge in [0.1, 0.15) is 18.1 Å². The molecular weight excluding hydrogens is 694 g/mol. The van der Waals surface area contributed by atoms with Crippen molar-refractivity contribution in [1.82, 2.24) is 10.2 Å². The second-order valence-electron chi connectivity index (χ2n) is 10.2. The number of aliphatic hydroxyl groups excluding tert-OH is 1. The van der Waals surface area contributed by atoms with Crippen LogP contribution < -0.4 is 9.64 Å². The third kappa shape index (κ3) is 6.84. The Morgan fingerprint density at radius 2 is 1.69 bits per heavy atom. The summed E-state index contributed by atoms with van der Waals surface area (Å²) < 4.78 is 7.42. The highest BCUT2D eigenvalue weighted by Gasteiger charge is 2.48. The Kier molecular flexibility index (Phi) is 9.37. The van der Waals surface area contributed by atoms with E-state index in [1.54, 1.807) is 36.4 Å². The van der Waals surface area contributed by atoms with Crippen molar-refractivity contribution in [2.45, 2.75) is 29.7 Å². The number of hydrogen-bond acceptors (Lipinski definition) is 8. The number of carbonyl (C=O) groups excluding carboxylic acids is 2. The van der Waals surface area contributed by atoms with Crippen LogP contribution in [0.5, 0.6) is 5.75 Å². The van der Waals surface area contributed by atoms with Crippen LogP contribution in [0.3, 0.4) is 0 Å². The van der Waals surface area contributed by atoms with Gasteiger partial charge in [-0.05, 0) is 77.7 Å². The maximum absolute atomic E-state index is 13.6. The molecule has 1 fully saturated rings. The molecule has 1 N–H and O–H groups in total. The van der Waals surface area contributed by atoms with Crippen molar-refractivity contribution in [2.24, 2.45) is 0 Å². The summed E-state index contributed by atoms with van der Waals surface area (Å²) in [5, 5.41) is 21.0. The van der Waals surface area contributed by atoms with Gasteiger partial charge in [-0.2, -0.15) is 0 Å². The molecule has 1 atom stereocenters. The Labute approximate surface area is 281 Å². The first-order valence-electron chi connectivity index (χ1n) is 13.8. The first-order chi connectivity index (χ1) is 21.8. The number of ketones is 1. The number of ether oxygens (including phenoxy) is 1. The van der Waals surface area contributed by atoms with Gasteiger partial charge in [0.15, 0.2) is 4.34 Å². The van der Waals surface area contributed by atoms with Gasteiger partial charge in [0.25, 0.3) is 5.78 Å². The van der Waals surface area contributed by atoms with Crippen molar-refractivity contribution < 1.29 is 19.4 Å². The van der Waals surface area contributed by atoms with Crippen molar-refractivity contribution >= 4 is 73.2 Å². The maximum Gasteiger partial charge on any atom is 0.301 e. The number of halogens is 2. The van der Waals surface area contributed by atoms with Crippen molar-refractivity contribution in [3.8, 4) is 5.75 Å². The molecule has 0 saturated carbocycles. The van der Waals surface area contributed by atoms with Gasteiger partial charge >= 0.3 is 5.91 Å². The highest BCUT2D eigenvalue weighted by Crippen LogP contribution is 2.44. The van der Waals surface area contributed by atoms with Crippen LogP contribution in [0.4, 0.5) is 5.13 Å². The van der Waals surface area contributed by atoms with Crippen molar-refractivity contribution in [3.63, 3.8) is 0 Å². The lowest BCUT2D eigenvalue weighted by Gasteiger charge is -2.22. The average molecular weight is 719 g/mol. The summed E-state index contributed by atoms with van der Waals surface area (Å²) in [5.41, 5.74) is 4.26. The van der Waals surface area contributed by atoms with E-state index in [0.717, 1.165) is 21.2 Å². The van der Waals surface area contributed by atoms with Gasteiger partial charge in [0.2, 0.25) is 5.13 Å². The third-order valence-corrected chi connectivity index (χ3v) is 10.2. The average Bonchev–Trinajstić information content (AvgIpc) is 3.62. The van der Waals surface area contributed by atoms with Crippen LogP contribution in [-0.4, -0.2) is 27.0 Å². The number of hydrogen-bond donors (Lipinski definition) is 1. The number of benzene rings is 4. The lowest BCUT2D eigenvalue weighted by molar-refractivity contribution is -0.132. The predicted molar refractivity (Wildman–Crippen MR) is 182 cm³/mol. The minimum absolute atomic E-state index is 0.0264. The van der Waals surface area contributed by atoms with E-state index < -0.39 is 17.7 Å². The molecule has 7 nitrogen and oxygen atoms in total. The lowest BCUT2D eigenvalue weighted by Crippen LogP contribution is -2.29. The van der Waals surface area contributed by atoms with E-state index in [-0.39, 0.29) is 16.5 Å². The standard InChI is InChI=1S/C34H25BrClN3O4S2/c1-20-4-2-3-5-24(20)18-43-27-16-10-23(11-17-27)30(40)28-29(22-8-12-25(35)13-9-22)39(32(42)31(28)41)33-37-38-34(45-33)44-19-21-6-14-26(36)15-7-21/h2-17,29,40H,18-19H2,1H3. The van der Waals surface area contributed by atoms with Crippen molar-refractivity contribution in [3.05, 3.63) is 140 Å². The molecular formula is C34H25BrClN3O4S2. The number of rotatable bonds is 9. The van der Waals surface area contributed by atoms with E-state index in [2.05, 4.69) is 26.1 Å². The van der Waals surface area contributed by atoms with E-state index >= 15 is 0 Å². The van der Waals surface area contributed by atoms with Gasteiger partial charge in [0.05, 0.1) is 11.6 Å². The Bertz CT molecular complexity index is 1890. The molecule has 1 amide bonds. The monoisotopic (exact) mass is 717 g/mol. The fourth-order valence-corrected chi connectivity index (χ4v) is 7.09. The summed E-state index contributed by atoms with van der Waals surface area (Å²) in [6, 6.07) is 28.7. The van der Waals surface area contributed by atoms with Crippen LogP contribution >= 0.6 is 50.6 Å². The zero-order valence-electron chi connectivity index (χ0n) is 23.8. The zero-order valence-corrected chi connectivity index (χ0v) is 27.8. The van der Waals surface area contributed by atoms with Gasteiger partial charge in [-0.1, -0.05) is 99.2 Å². The molecule has 1 aliphatic heterocycles. The molecule has 0 bridgehead atoms. The highest BCUT2D eigenvalue weighted by molar-refractivity contribution is 9.10. The SMILES string of the molecule is Cc1ccccc1COc1ccc(C(O)=C2C(=O)C(=O)N(c3nnc(SCc4ccc(Cl)cc4)s3)C2c2ccc(Br)cc2)cc1. The second-order valence-corrected chi connectivity index (χ2v) is 13.8. The molecule has 45 heavy (non-hydrogen) atoms. The van der Waals surface area contributed by atoms with Crippen molar-refractivity contribution in [1.29, 1.82) is 0 Å². The molecule has 11 heteroatoms. The predicted octanol–water partition coefficient (Wildman–Crippen LogP) is 8.76. The number of thioether (sulfide) groups is 1. The molecule has 0 radical (unpaired) electrons. The Morgan fingerprint density at radius 1 is 0.978 bits per heavy atom. The summed E-state index contributed by atoms with van der Waals surface area (Å²) in [4.78, 5) is 28.4. The Morgan fingerprint density at radius 3 is 2.40 bits per heavy atom. The van der Waals surface area contributed by atoms with Crippen molar-refractivity contribution in [2.75, 3.05) is 4.90 Å². The molecule has 1 aromatic heterocycles. The number of nitrogens with zero attached hydrogens (tertiary/aromatic N) is 3. The smallest absolute Gasteiger partial charge is 0.301 e. The number of aryl methyl sites for hydroxylation is 1. The van der Waals surface area contributed by atoms with E-state index in [0.29, 0.717) is 38.6 Å². The normalized spacial score (nSPS) is 15.9. The highest BCUT2D eigenvalue weighted by atomic mass is 79.9. The van der Waals surface area contributed by atoms with Crippen LogP contribution in [-0.2, 0) is 21.9 Å². The van der Waals surface area contributed by atoms with Crippen LogP contribution in [0.1, 0.15) is 33.9 Å². The van der Waals surface area contributed by atoms with Crippen LogP contribution in [0.2, 0.25) is 5.02 Å². The van der Waals surface area contributed by atoms with E-state index in [1.807, 2.05) is 67.6 Å². The molecule has 1 aliphatic rings. The largest absolute Gasteiger partial charge is 0.507 e. The number of amides is 1. The number of aromatic nitrogens is 2. The van der Waals surface area contributed by atoms with Gasteiger partial charge < -0.3 is 9.84 Å². The summed E-state index contributed by atoms with van der Waals surface area (Å²) in [7, 11) is 0. The van der Waals surface area contributed by atoms with E-state index in [1.165, 1.54) is 28.0 Å². The summed E-state index contributed by atoms with van der Waals surface area (Å²) >= 11 is 12.1. The molecule has 0 spiro atoms. The fraction of sp³-hybridized carbons (Fsp3) is 0.118. The molecule has 226 valence electrons. The zero-order chi connectivity index (χ0) is 31.5. The van der Waals surface area contributed by atoms with Crippen LogP contribution in [0.15, 0.2) is 111 Å². The molecule has 1 unspecified atom stereocenters. The van der Waals surface area contributed by atoms with Gasteiger partial charge in [-0.25, -0.2) is 0 Å². The van der Waals surface area contributed by atoms with Crippen LogP contribution in [0, 0.1) is 6.92 Å². The minimum atomic E-state index is -0.905.